The van der Waals surface area contributed by atoms with Crippen molar-refractivity contribution in [2.24, 2.45) is 5.73 Å². The van der Waals surface area contributed by atoms with E-state index in [-0.39, 0.29) is 4.99 Å². The van der Waals surface area contributed by atoms with Gasteiger partial charge in [-0.15, -0.1) is 5.10 Å². The van der Waals surface area contributed by atoms with E-state index in [0.717, 1.165) is 16.5 Å². The first-order valence-corrected chi connectivity index (χ1v) is 6.24. The second-order valence-corrected chi connectivity index (χ2v) is 4.54. The average molecular weight is 285 g/mol. The zero-order valence-corrected chi connectivity index (χ0v) is 11.5. The summed E-state index contributed by atoms with van der Waals surface area (Å²) in [5, 5.41) is 6.16. The number of nitrogens with zero attached hydrogens (tertiary/aromatic N) is 4. The van der Waals surface area contributed by atoms with Crippen LogP contribution in [0.25, 0.3) is 16.6 Å². The molecular weight excluding hydrogens is 274 g/mol. The normalized spacial score (nSPS) is 10.7. The van der Waals surface area contributed by atoms with Crippen LogP contribution >= 0.6 is 12.2 Å². The maximum Gasteiger partial charge on any atom is 0.208 e. The zero-order valence-electron chi connectivity index (χ0n) is 10.6. The molecule has 7 heteroatoms. The van der Waals surface area contributed by atoms with E-state index >= 15 is 0 Å². The van der Waals surface area contributed by atoms with Crippen molar-refractivity contribution in [3.8, 4) is 11.6 Å². The number of methoxy groups -OCH3 is 1. The van der Waals surface area contributed by atoms with Crippen LogP contribution in [0.5, 0.6) is 5.75 Å². The third kappa shape index (κ3) is 2.08. The minimum atomic E-state index is 0.154. The van der Waals surface area contributed by atoms with Gasteiger partial charge < -0.3 is 10.5 Å². The Bertz CT molecular complexity index is 798. The number of benzene rings is 1. The van der Waals surface area contributed by atoms with E-state index in [2.05, 4.69) is 15.1 Å². The first-order chi connectivity index (χ1) is 9.69. The minimum absolute atomic E-state index is 0.154. The van der Waals surface area contributed by atoms with Crippen molar-refractivity contribution in [3.05, 3.63) is 42.6 Å². The van der Waals surface area contributed by atoms with Crippen molar-refractivity contribution >= 4 is 28.0 Å². The summed E-state index contributed by atoms with van der Waals surface area (Å²) in [6, 6.07) is 7.68. The standard InChI is InChI=1S/C13H11N5OS/c1-19-9-3-2-8-4-5-15-13(10(8)6-9)18-7-16-12(17-18)11(14)20/h2-7H,1H3,(H2,14,20). The quantitative estimate of drug-likeness (QED) is 0.734. The van der Waals surface area contributed by atoms with E-state index in [9.17, 15) is 0 Å². The van der Waals surface area contributed by atoms with E-state index in [0.29, 0.717) is 11.6 Å². The first kappa shape index (κ1) is 12.5. The fraction of sp³-hybridized carbons (Fsp3) is 0.0769. The van der Waals surface area contributed by atoms with Crippen molar-refractivity contribution in [1.82, 2.24) is 19.7 Å². The minimum Gasteiger partial charge on any atom is -0.497 e. The van der Waals surface area contributed by atoms with Crippen LogP contribution in [0.4, 0.5) is 0 Å². The van der Waals surface area contributed by atoms with Gasteiger partial charge in [0.25, 0.3) is 0 Å². The van der Waals surface area contributed by atoms with Gasteiger partial charge in [0.15, 0.2) is 5.82 Å². The SMILES string of the molecule is COc1ccc2ccnc(-n3cnc(C(N)=S)n3)c2c1. The summed E-state index contributed by atoms with van der Waals surface area (Å²) in [5.74, 6) is 1.72. The largest absolute Gasteiger partial charge is 0.497 e. The van der Waals surface area contributed by atoms with Gasteiger partial charge in [-0.2, -0.15) is 0 Å². The summed E-state index contributed by atoms with van der Waals surface area (Å²) in [6.07, 6.45) is 3.25. The lowest BCUT2D eigenvalue weighted by Gasteiger charge is -2.06. The van der Waals surface area contributed by atoms with Crippen molar-refractivity contribution in [2.45, 2.75) is 0 Å². The molecule has 0 atom stereocenters. The lowest BCUT2D eigenvalue weighted by Crippen LogP contribution is -2.12. The number of hydrogen-bond donors (Lipinski definition) is 1. The molecule has 0 aliphatic heterocycles. The second kappa shape index (κ2) is 4.86. The summed E-state index contributed by atoms with van der Waals surface area (Å²) in [4.78, 5) is 8.56. The van der Waals surface area contributed by atoms with E-state index in [1.807, 2.05) is 24.3 Å². The summed E-state index contributed by atoms with van der Waals surface area (Å²) in [6.45, 7) is 0. The highest BCUT2D eigenvalue weighted by atomic mass is 32.1. The maximum absolute atomic E-state index is 5.52. The number of nitrogens with two attached hydrogens (primary N) is 1. The molecule has 100 valence electrons. The molecule has 3 aromatic rings. The highest BCUT2D eigenvalue weighted by Gasteiger charge is 2.10. The predicted molar refractivity (Wildman–Crippen MR) is 79.1 cm³/mol. The first-order valence-electron chi connectivity index (χ1n) is 5.83. The van der Waals surface area contributed by atoms with Crippen LogP contribution < -0.4 is 10.5 Å². The number of rotatable bonds is 3. The molecule has 2 N–H and O–H groups in total. The highest BCUT2D eigenvalue weighted by molar-refractivity contribution is 7.80. The molecule has 0 saturated heterocycles. The van der Waals surface area contributed by atoms with Crippen LogP contribution in [-0.4, -0.2) is 31.8 Å². The molecule has 0 bridgehead atoms. The molecule has 3 rings (SSSR count). The number of aromatic nitrogens is 4. The van der Waals surface area contributed by atoms with Gasteiger partial charge in [-0.25, -0.2) is 14.6 Å². The van der Waals surface area contributed by atoms with E-state index in [1.165, 1.54) is 6.33 Å². The lowest BCUT2D eigenvalue weighted by molar-refractivity contribution is 0.415. The molecule has 6 nitrogen and oxygen atoms in total. The Hall–Kier alpha value is -2.54. The van der Waals surface area contributed by atoms with Gasteiger partial charge in [0.05, 0.1) is 7.11 Å². The van der Waals surface area contributed by atoms with Crippen LogP contribution in [0.15, 0.2) is 36.8 Å². The van der Waals surface area contributed by atoms with Gasteiger partial charge in [-0.05, 0) is 23.6 Å². The Kier molecular flexibility index (Phi) is 3.03. The van der Waals surface area contributed by atoms with Gasteiger partial charge in [-0.3, -0.25) is 0 Å². The summed E-state index contributed by atoms with van der Waals surface area (Å²) in [5.41, 5.74) is 5.52. The zero-order chi connectivity index (χ0) is 14.1. The molecule has 0 amide bonds. The highest BCUT2D eigenvalue weighted by Crippen LogP contribution is 2.24. The Balaban J connectivity index is 2.21. The summed E-state index contributed by atoms with van der Waals surface area (Å²) >= 11 is 4.86. The topological polar surface area (TPSA) is 78.8 Å². The van der Waals surface area contributed by atoms with Crippen molar-refractivity contribution in [2.75, 3.05) is 7.11 Å². The Labute approximate surface area is 120 Å². The number of hydrogen-bond acceptors (Lipinski definition) is 5. The van der Waals surface area contributed by atoms with Crippen LogP contribution in [0.1, 0.15) is 5.82 Å². The molecule has 0 radical (unpaired) electrons. The van der Waals surface area contributed by atoms with Gasteiger partial charge in [0.1, 0.15) is 17.1 Å². The maximum atomic E-state index is 5.52. The van der Waals surface area contributed by atoms with Gasteiger partial charge >= 0.3 is 0 Å². The number of ether oxygens (including phenoxy) is 1. The van der Waals surface area contributed by atoms with Crippen molar-refractivity contribution in [1.29, 1.82) is 0 Å². The van der Waals surface area contributed by atoms with E-state index in [1.54, 1.807) is 18.0 Å². The van der Waals surface area contributed by atoms with E-state index < -0.39 is 0 Å². The number of pyridine rings is 1. The molecule has 0 unspecified atom stereocenters. The average Bonchev–Trinajstić information content (AvgIpc) is 2.96. The van der Waals surface area contributed by atoms with Crippen molar-refractivity contribution in [3.63, 3.8) is 0 Å². The Morgan fingerprint density at radius 2 is 2.15 bits per heavy atom. The van der Waals surface area contributed by atoms with Crippen LogP contribution in [0.3, 0.4) is 0 Å². The van der Waals surface area contributed by atoms with Crippen molar-refractivity contribution < 1.29 is 4.74 Å². The molecule has 0 fully saturated rings. The van der Waals surface area contributed by atoms with E-state index in [4.69, 9.17) is 22.7 Å². The monoisotopic (exact) mass is 285 g/mol. The van der Waals surface area contributed by atoms with Crippen LogP contribution in [0, 0.1) is 0 Å². The fourth-order valence-electron chi connectivity index (χ4n) is 1.92. The predicted octanol–water partition coefficient (Wildman–Crippen LogP) is 1.46. The Morgan fingerprint density at radius 1 is 1.30 bits per heavy atom. The van der Waals surface area contributed by atoms with Gasteiger partial charge in [0.2, 0.25) is 5.82 Å². The molecule has 0 aliphatic rings. The third-order valence-electron chi connectivity index (χ3n) is 2.88. The molecule has 1 aromatic carbocycles. The van der Waals surface area contributed by atoms with Crippen LogP contribution in [0.2, 0.25) is 0 Å². The van der Waals surface area contributed by atoms with Gasteiger partial charge in [-0.1, -0.05) is 18.3 Å². The molecule has 2 heterocycles. The number of thiocarbonyl (C=S) groups is 1. The Morgan fingerprint density at radius 3 is 2.85 bits per heavy atom. The fourth-order valence-corrected chi connectivity index (χ4v) is 2.01. The molecule has 0 spiro atoms. The molecule has 20 heavy (non-hydrogen) atoms. The number of fused-ring (bicyclic) bond motifs is 1. The molecule has 2 aromatic heterocycles. The third-order valence-corrected chi connectivity index (χ3v) is 3.06. The summed E-state index contributed by atoms with van der Waals surface area (Å²) < 4.78 is 6.79. The second-order valence-electron chi connectivity index (χ2n) is 4.10. The molecular formula is C13H11N5OS. The smallest absolute Gasteiger partial charge is 0.208 e. The van der Waals surface area contributed by atoms with Crippen LogP contribution in [-0.2, 0) is 0 Å². The molecule has 0 aliphatic carbocycles. The van der Waals surface area contributed by atoms with Gasteiger partial charge in [0, 0.05) is 11.6 Å². The molecule has 0 saturated carbocycles. The summed E-state index contributed by atoms with van der Waals surface area (Å²) in [7, 11) is 1.62. The lowest BCUT2D eigenvalue weighted by atomic mass is 10.1.